The standard InChI is InChI=1S/C33H36/c1-2-23-5-3-6-29(21-23)32-20-19-30(31-7-4-8-33(31)32)22-24-9-11-25(12-10-24)26-13-15-27(16-14-26)28-17-18-28/h3-12,19-21,26-28,33H,2,13-18,22H2,1H3. The van der Waals surface area contributed by atoms with Gasteiger partial charge in [-0.3, -0.25) is 0 Å². The summed E-state index contributed by atoms with van der Waals surface area (Å²) >= 11 is 0. The molecule has 0 N–H and O–H groups in total. The van der Waals surface area contributed by atoms with Crippen molar-refractivity contribution in [2.75, 3.05) is 0 Å². The van der Waals surface area contributed by atoms with Crippen molar-refractivity contribution in [3.05, 3.63) is 112 Å². The number of benzene rings is 2. The minimum atomic E-state index is 0.401. The average molecular weight is 433 g/mol. The molecule has 33 heavy (non-hydrogen) atoms. The third-order valence-corrected chi connectivity index (χ3v) is 8.66. The van der Waals surface area contributed by atoms with E-state index in [9.17, 15) is 0 Å². The number of fused-ring (bicyclic) bond motifs is 1. The third-order valence-electron chi connectivity index (χ3n) is 8.66. The van der Waals surface area contributed by atoms with Crippen molar-refractivity contribution in [3.63, 3.8) is 0 Å². The van der Waals surface area contributed by atoms with E-state index in [1.54, 1.807) is 5.56 Å². The summed E-state index contributed by atoms with van der Waals surface area (Å²) in [4.78, 5) is 0. The predicted molar refractivity (Wildman–Crippen MR) is 140 cm³/mol. The van der Waals surface area contributed by atoms with Gasteiger partial charge in [0.2, 0.25) is 0 Å². The molecule has 0 radical (unpaired) electrons. The third kappa shape index (κ3) is 4.33. The van der Waals surface area contributed by atoms with Crippen LogP contribution in [-0.4, -0.2) is 0 Å². The highest BCUT2D eigenvalue weighted by Gasteiger charge is 2.34. The molecular weight excluding hydrogens is 396 g/mol. The highest BCUT2D eigenvalue weighted by Crippen LogP contribution is 2.47. The lowest BCUT2D eigenvalue weighted by Crippen LogP contribution is -2.14. The molecule has 0 nitrogen and oxygen atoms in total. The quantitative estimate of drug-likeness (QED) is 0.428. The Labute approximate surface area is 199 Å². The van der Waals surface area contributed by atoms with Gasteiger partial charge in [0.25, 0.3) is 0 Å². The Balaban J connectivity index is 1.17. The van der Waals surface area contributed by atoms with Gasteiger partial charge in [-0.05, 0) is 108 Å². The zero-order valence-corrected chi connectivity index (χ0v) is 20.0. The fourth-order valence-corrected chi connectivity index (χ4v) is 6.47. The summed E-state index contributed by atoms with van der Waals surface area (Å²) in [5.74, 6) is 3.32. The molecule has 2 saturated carbocycles. The molecule has 0 heteroatoms. The molecule has 1 atom stereocenters. The van der Waals surface area contributed by atoms with E-state index < -0.39 is 0 Å². The van der Waals surface area contributed by atoms with Gasteiger partial charge in [0.15, 0.2) is 0 Å². The molecule has 168 valence electrons. The van der Waals surface area contributed by atoms with E-state index in [0.29, 0.717) is 5.92 Å². The topological polar surface area (TPSA) is 0 Å². The van der Waals surface area contributed by atoms with Crippen LogP contribution in [0.3, 0.4) is 0 Å². The molecule has 4 aliphatic carbocycles. The Morgan fingerprint density at radius 2 is 1.48 bits per heavy atom. The minimum absolute atomic E-state index is 0.401. The van der Waals surface area contributed by atoms with E-state index in [-0.39, 0.29) is 0 Å². The van der Waals surface area contributed by atoms with Crippen molar-refractivity contribution >= 4 is 5.57 Å². The van der Waals surface area contributed by atoms with E-state index >= 15 is 0 Å². The lowest BCUT2D eigenvalue weighted by atomic mass is 9.76. The highest BCUT2D eigenvalue weighted by molar-refractivity contribution is 5.78. The lowest BCUT2D eigenvalue weighted by Gasteiger charge is -2.29. The van der Waals surface area contributed by atoms with Crippen LogP contribution in [0.2, 0.25) is 0 Å². The molecule has 0 amide bonds. The second-order valence-electron chi connectivity index (χ2n) is 10.7. The van der Waals surface area contributed by atoms with Crippen LogP contribution >= 0.6 is 0 Å². The lowest BCUT2D eigenvalue weighted by molar-refractivity contribution is 0.296. The van der Waals surface area contributed by atoms with Crippen molar-refractivity contribution in [3.8, 4) is 0 Å². The molecular formula is C33H36. The summed E-state index contributed by atoms with van der Waals surface area (Å²) < 4.78 is 0. The second-order valence-corrected chi connectivity index (χ2v) is 10.7. The summed E-state index contributed by atoms with van der Waals surface area (Å²) in [6, 6.07) is 18.7. The molecule has 0 spiro atoms. The highest BCUT2D eigenvalue weighted by atomic mass is 14.4. The van der Waals surface area contributed by atoms with Gasteiger partial charge < -0.3 is 0 Å². The maximum absolute atomic E-state index is 2.43. The van der Waals surface area contributed by atoms with Crippen LogP contribution in [-0.2, 0) is 12.8 Å². The maximum atomic E-state index is 2.43. The zero-order chi connectivity index (χ0) is 22.2. The van der Waals surface area contributed by atoms with E-state index in [4.69, 9.17) is 0 Å². The van der Waals surface area contributed by atoms with Gasteiger partial charge in [-0.1, -0.05) is 85.8 Å². The van der Waals surface area contributed by atoms with Crippen LogP contribution in [0.25, 0.3) is 5.57 Å². The smallest absolute Gasteiger partial charge is 0.0281 e. The van der Waals surface area contributed by atoms with Gasteiger partial charge in [0.1, 0.15) is 0 Å². The molecule has 0 heterocycles. The first-order chi connectivity index (χ1) is 16.3. The molecule has 2 aromatic carbocycles. The van der Waals surface area contributed by atoms with Crippen LogP contribution < -0.4 is 0 Å². The van der Waals surface area contributed by atoms with Gasteiger partial charge in [0.05, 0.1) is 0 Å². The predicted octanol–water partition coefficient (Wildman–Crippen LogP) is 8.61. The fraction of sp³-hybridized carbons (Fsp3) is 0.394. The van der Waals surface area contributed by atoms with E-state index in [0.717, 1.165) is 30.6 Å². The Morgan fingerprint density at radius 1 is 0.727 bits per heavy atom. The Morgan fingerprint density at radius 3 is 2.21 bits per heavy atom. The second kappa shape index (κ2) is 8.98. The molecule has 0 bridgehead atoms. The van der Waals surface area contributed by atoms with E-state index in [1.165, 1.54) is 71.9 Å². The molecule has 4 aliphatic rings. The molecule has 2 aromatic rings. The van der Waals surface area contributed by atoms with Crippen molar-refractivity contribution < 1.29 is 0 Å². The Kier molecular flexibility index (Phi) is 5.70. The largest absolute Gasteiger partial charge is 0.0726 e. The van der Waals surface area contributed by atoms with Crippen LogP contribution in [0.5, 0.6) is 0 Å². The zero-order valence-electron chi connectivity index (χ0n) is 20.0. The van der Waals surface area contributed by atoms with Gasteiger partial charge in [-0.25, -0.2) is 0 Å². The Hall–Kier alpha value is -2.60. The first-order valence-electron chi connectivity index (χ1n) is 13.3. The SMILES string of the molecule is CCc1cccc(C2=CC=C(Cc3ccc(C4CCC(C5CC5)CC4)cc3)C3=CC=CC32)c1. The van der Waals surface area contributed by atoms with Crippen LogP contribution in [0.4, 0.5) is 0 Å². The first-order valence-corrected chi connectivity index (χ1v) is 13.3. The van der Waals surface area contributed by atoms with Crippen molar-refractivity contribution in [1.82, 2.24) is 0 Å². The summed E-state index contributed by atoms with van der Waals surface area (Å²) in [5.41, 5.74) is 10.2. The van der Waals surface area contributed by atoms with Crippen LogP contribution in [0, 0.1) is 17.8 Å². The van der Waals surface area contributed by atoms with Gasteiger partial charge in [0, 0.05) is 5.92 Å². The summed E-state index contributed by atoms with van der Waals surface area (Å²) in [7, 11) is 0. The summed E-state index contributed by atoms with van der Waals surface area (Å²) in [6.07, 6.45) is 22.5. The van der Waals surface area contributed by atoms with E-state index in [1.807, 2.05) is 0 Å². The van der Waals surface area contributed by atoms with Gasteiger partial charge in [-0.15, -0.1) is 0 Å². The number of hydrogen-bond donors (Lipinski definition) is 0. The minimum Gasteiger partial charge on any atom is -0.0726 e. The monoisotopic (exact) mass is 432 g/mol. The van der Waals surface area contributed by atoms with Gasteiger partial charge in [-0.2, -0.15) is 0 Å². The number of aryl methyl sites for hydroxylation is 1. The Bertz CT molecular complexity index is 1120. The molecule has 1 unspecified atom stereocenters. The molecule has 6 rings (SSSR count). The normalized spacial score (nSPS) is 26.5. The summed E-state index contributed by atoms with van der Waals surface area (Å²) in [5, 5.41) is 0. The first kappa shape index (κ1) is 21.0. The summed E-state index contributed by atoms with van der Waals surface area (Å²) in [6.45, 7) is 2.23. The molecule has 0 aromatic heterocycles. The van der Waals surface area contributed by atoms with E-state index in [2.05, 4.69) is 85.8 Å². The van der Waals surface area contributed by atoms with Crippen molar-refractivity contribution in [2.45, 2.75) is 64.2 Å². The fourth-order valence-electron chi connectivity index (χ4n) is 6.47. The van der Waals surface area contributed by atoms with Crippen molar-refractivity contribution in [1.29, 1.82) is 0 Å². The maximum Gasteiger partial charge on any atom is 0.0281 e. The number of hydrogen-bond acceptors (Lipinski definition) is 0. The van der Waals surface area contributed by atoms with Crippen LogP contribution in [0.1, 0.15) is 73.6 Å². The molecule has 0 saturated heterocycles. The number of rotatable bonds is 6. The average Bonchev–Trinajstić information content (AvgIpc) is 3.61. The molecule has 2 fully saturated rings. The number of allylic oxidation sites excluding steroid dienone is 8. The van der Waals surface area contributed by atoms with Crippen LogP contribution in [0.15, 0.2) is 90.1 Å². The molecule has 0 aliphatic heterocycles. The van der Waals surface area contributed by atoms with Gasteiger partial charge >= 0.3 is 0 Å². The van der Waals surface area contributed by atoms with Crippen molar-refractivity contribution in [2.24, 2.45) is 17.8 Å².